The maximum absolute atomic E-state index is 14.8. The molecule has 8 heteroatoms. The van der Waals surface area contributed by atoms with E-state index in [1.54, 1.807) is 49.6 Å². The minimum absolute atomic E-state index is 0.0936. The maximum atomic E-state index is 14.8. The lowest BCUT2D eigenvalue weighted by molar-refractivity contribution is -0.0503. The Balaban J connectivity index is 1.84. The van der Waals surface area contributed by atoms with Gasteiger partial charge in [-0.05, 0) is 60.4 Å². The van der Waals surface area contributed by atoms with Crippen molar-refractivity contribution >= 4 is 5.84 Å². The summed E-state index contributed by atoms with van der Waals surface area (Å²) in [7, 11) is 1.52. The standard InChI is InChI=1S/C24H22F3N3O2/c1-14-9-16(4-6-21(14)32-23(26)27)24(8-7-22(28)30-24)17-3-5-20(25)19(11-17)15-10-18(31-2)13-29-12-15/h3-6,9-13,23H,7-8H2,1-2H3,(H2,28,30). The van der Waals surface area contributed by atoms with E-state index in [-0.39, 0.29) is 5.75 Å². The Morgan fingerprint density at radius 2 is 1.81 bits per heavy atom. The molecule has 0 spiro atoms. The van der Waals surface area contributed by atoms with Gasteiger partial charge in [0.25, 0.3) is 0 Å². The molecule has 2 N–H and O–H groups in total. The van der Waals surface area contributed by atoms with Crippen LogP contribution in [-0.4, -0.2) is 24.5 Å². The lowest BCUT2D eigenvalue weighted by atomic mass is 9.80. The summed E-state index contributed by atoms with van der Waals surface area (Å²) in [5.41, 5.74) is 8.15. The maximum Gasteiger partial charge on any atom is 0.387 e. The smallest absolute Gasteiger partial charge is 0.387 e. The number of nitrogens with zero attached hydrogens (tertiary/aromatic N) is 2. The first kappa shape index (κ1) is 21.7. The second kappa shape index (κ2) is 8.53. The van der Waals surface area contributed by atoms with Gasteiger partial charge in [-0.15, -0.1) is 0 Å². The molecule has 1 aliphatic heterocycles. The highest BCUT2D eigenvalue weighted by Crippen LogP contribution is 2.44. The zero-order chi connectivity index (χ0) is 22.9. The highest BCUT2D eigenvalue weighted by Gasteiger charge is 2.39. The van der Waals surface area contributed by atoms with Gasteiger partial charge in [-0.3, -0.25) is 9.98 Å². The Morgan fingerprint density at radius 1 is 1.06 bits per heavy atom. The van der Waals surface area contributed by atoms with Crippen LogP contribution in [0.5, 0.6) is 11.5 Å². The highest BCUT2D eigenvalue weighted by atomic mass is 19.3. The van der Waals surface area contributed by atoms with Gasteiger partial charge >= 0.3 is 6.61 Å². The first-order chi connectivity index (χ1) is 15.3. The van der Waals surface area contributed by atoms with Crippen LogP contribution in [0.2, 0.25) is 0 Å². The van der Waals surface area contributed by atoms with Crippen molar-refractivity contribution in [3.63, 3.8) is 0 Å². The predicted octanol–water partition coefficient (Wildman–Crippen LogP) is 5.20. The van der Waals surface area contributed by atoms with Crippen molar-refractivity contribution in [1.82, 2.24) is 4.98 Å². The summed E-state index contributed by atoms with van der Waals surface area (Å²) >= 11 is 0. The summed E-state index contributed by atoms with van der Waals surface area (Å²) in [6.45, 7) is -1.22. The summed E-state index contributed by atoms with van der Waals surface area (Å²) in [4.78, 5) is 8.85. The van der Waals surface area contributed by atoms with Crippen LogP contribution in [0.25, 0.3) is 11.1 Å². The highest BCUT2D eigenvalue weighted by molar-refractivity contribution is 5.84. The van der Waals surface area contributed by atoms with E-state index in [9.17, 15) is 13.2 Å². The fraction of sp³-hybridized carbons (Fsp3) is 0.250. The lowest BCUT2D eigenvalue weighted by Crippen LogP contribution is -2.23. The largest absolute Gasteiger partial charge is 0.495 e. The third kappa shape index (κ3) is 4.00. The van der Waals surface area contributed by atoms with Crippen molar-refractivity contribution < 1.29 is 22.6 Å². The summed E-state index contributed by atoms with van der Waals surface area (Å²) in [6, 6.07) is 11.4. The predicted molar refractivity (Wildman–Crippen MR) is 116 cm³/mol. The molecule has 1 aliphatic rings. The molecule has 2 heterocycles. The van der Waals surface area contributed by atoms with Crippen LogP contribution in [0, 0.1) is 12.7 Å². The third-order valence-electron chi connectivity index (χ3n) is 5.65. The molecular weight excluding hydrogens is 419 g/mol. The molecule has 1 atom stereocenters. The van der Waals surface area contributed by atoms with E-state index < -0.39 is 18.0 Å². The van der Waals surface area contributed by atoms with Crippen molar-refractivity contribution in [2.75, 3.05) is 7.11 Å². The molecule has 0 aliphatic carbocycles. The van der Waals surface area contributed by atoms with Crippen LogP contribution >= 0.6 is 0 Å². The Bertz CT molecular complexity index is 1180. The van der Waals surface area contributed by atoms with E-state index in [4.69, 9.17) is 15.5 Å². The van der Waals surface area contributed by atoms with Gasteiger partial charge in [0.1, 0.15) is 22.9 Å². The molecule has 1 aromatic heterocycles. The van der Waals surface area contributed by atoms with Gasteiger partial charge in [0.05, 0.1) is 19.1 Å². The first-order valence-electron chi connectivity index (χ1n) is 10.0. The number of aromatic nitrogens is 1. The Hall–Kier alpha value is -3.55. The second-order valence-corrected chi connectivity index (χ2v) is 7.63. The Labute approximate surface area is 183 Å². The molecule has 0 saturated carbocycles. The van der Waals surface area contributed by atoms with Crippen LogP contribution < -0.4 is 15.2 Å². The molecule has 0 radical (unpaired) electrons. The summed E-state index contributed by atoms with van der Waals surface area (Å²) < 4.78 is 50.0. The number of alkyl halides is 2. The number of hydrogen-bond donors (Lipinski definition) is 1. The van der Waals surface area contributed by atoms with Gasteiger partial charge in [-0.1, -0.05) is 12.1 Å². The summed E-state index contributed by atoms with van der Waals surface area (Å²) in [6.07, 6.45) is 4.22. The van der Waals surface area contributed by atoms with Crippen molar-refractivity contribution in [3.8, 4) is 22.6 Å². The SMILES string of the molecule is COc1cncc(-c2cc(C3(c4ccc(OC(F)F)c(C)c4)CCC(N)=N3)ccc2F)c1. The van der Waals surface area contributed by atoms with E-state index in [2.05, 4.69) is 9.72 Å². The van der Waals surface area contributed by atoms with Crippen LogP contribution in [0.15, 0.2) is 59.9 Å². The molecule has 0 fully saturated rings. The average Bonchev–Trinajstić information content (AvgIpc) is 3.18. The fourth-order valence-electron chi connectivity index (χ4n) is 4.07. The lowest BCUT2D eigenvalue weighted by Gasteiger charge is -2.28. The molecule has 166 valence electrons. The number of rotatable bonds is 6. The molecule has 1 unspecified atom stereocenters. The molecule has 4 rings (SSSR count). The van der Waals surface area contributed by atoms with E-state index in [1.165, 1.54) is 19.2 Å². The van der Waals surface area contributed by atoms with Crippen molar-refractivity contribution in [3.05, 3.63) is 77.4 Å². The van der Waals surface area contributed by atoms with Crippen molar-refractivity contribution in [2.45, 2.75) is 31.9 Å². The number of nitrogens with two attached hydrogens (primary N) is 1. The minimum atomic E-state index is -2.91. The number of aliphatic imine (C=N–C) groups is 1. The fourth-order valence-corrected chi connectivity index (χ4v) is 4.07. The van der Waals surface area contributed by atoms with Gasteiger partial charge in [-0.25, -0.2) is 4.39 Å². The van der Waals surface area contributed by atoms with Gasteiger partial charge in [-0.2, -0.15) is 8.78 Å². The van der Waals surface area contributed by atoms with E-state index in [0.29, 0.717) is 41.1 Å². The zero-order valence-corrected chi connectivity index (χ0v) is 17.6. The van der Waals surface area contributed by atoms with Crippen LogP contribution in [0.3, 0.4) is 0 Å². The van der Waals surface area contributed by atoms with Crippen LogP contribution in [-0.2, 0) is 5.54 Å². The third-order valence-corrected chi connectivity index (χ3v) is 5.65. The Kier molecular flexibility index (Phi) is 5.78. The van der Waals surface area contributed by atoms with Gasteiger partial charge in [0.2, 0.25) is 0 Å². The second-order valence-electron chi connectivity index (χ2n) is 7.63. The normalized spacial score (nSPS) is 18.0. The number of halogens is 3. The van der Waals surface area contributed by atoms with E-state index in [0.717, 1.165) is 11.1 Å². The Morgan fingerprint density at radius 3 is 2.47 bits per heavy atom. The average molecular weight is 441 g/mol. The van der Waals surface area contributed by atoms with Gasteiger partial charge in [0, 0.05) is 23.7 Å². The van der Waals surface area contributed by atoms with Crippen LogP contribution in [0.4, 0.5) is 13.2 Å². The molecule has 2 aromatic carbocycles. The number of hydrogen-bond acceptors (Lipinski definition) is 5. The topological polar surface area (TPSA) is 69.7 Å². The molecule has 0 amide bonds. The summed E-state index contributed by atoms with van der Waals surface area (Å²) in [5, 5.41) is 0. The number of ether oxygens (including phenoxy) is 2. The molecule has 0 saturated heterocycles. The molecule has 5 nitrogen and oxygen atoms in total. The monoisotopic (exact) mass is 441 g/mol. The van der Waals surface area contributed by atoms with Gasteiger partial charge in [0.15, 0.2) is 0 Å². The zero-order valence-electron chi connectivity index (χ0n) is 17.6. The molecular formula is C24H22F3N3O2. The first-order valence-corrected chi connectivity index (χ1v) is 10.0. The van der Waals surface area contributed by atoms with Crippen LogP contribution in [0.1, 0.15) is 29.5 Å². The quantitative estimate of drug-likeness (QED) is 0.571. The van der Waals surface area contributed by atoms with Crippen molar-refractivity contribution in [1.29, 1.82) is 0 Å². The summed E-state index contributed by atoms with van der Waals surface area (Å²) in [5.74, 6) is 0.668. The molecule has 32 heavy (non-hydrogen) atoms. The van der Waals surface area contributed by atoms with E-state index >= 15 is 0 Å². The number of aryl methyl sites for hydroxylation is 1. The minimum Gasteiger partial charge on any atom is -0.495 e. The number of methoxy groups -OCH3 is 1. The number of pyridine rings is 1. The molecule has 3 aromatic rings. The van der Waals surface area contributed by atoms with Crippen molar-refractivity contribution in [2.24, 2.45) is 10.7 Å². The number of amidine groups is 1. The number of benzene rings is 2. The van der Waals surface area contributed by atoms with E-state index in [1.807, 2.05) is 0 Å². The van der Waals surface area contributed by atoms with Gasteiger partial charge < -0.3 is 15.2 Å². The molecule has 0 bridgehead atoms.